The molecule has 2 fully saturated rings. The number of piperidine rings is 1. The maximum absolute atomic E-state index is 11.2. The zero-order valence-electron chi connectivity index (χ0n) is 15.1. The second-order valence-corrected chi connectivity index (χ2v) is 9.48. The Bertz CT molecular complexity index is 743. The van der Waals surface area contributed by atoms with E-state index in [1.54, 1.807) is 11.3 Å². The molecule has 2 saturated heterocycles. The number of aliphatic carboxylic acids is 1. The first-order valence-electron chi connectivity index (χ1n) is 8.43. The number of aromatic nitrogens is 1. The van der Waals surface area contributed by atoms with Gasteiger partial charge in [-0.2, -0.15) is 13.2 Å². The molecule has 3 heterocycles. The molecule has 1 aromatic rings. The number of carbonyl (C=O) groups is 1. The van der Waals surface area contributed by atoms with Crippen LogP contribution in [0.25, 0.3) is 0 Å². The largest absolute Gasteiger partial charge is 0.490 e. The lowest BCUT2D eigenvalue weighted by Crippen LogP contribution is -2.44. The average molecular weight is 445 g/mol. The SMILES string of the molecule is CS(=O)(=O)NC[C@H]1OC[C@@H]2CCN(Cc3nccs3)C[C@@H]21.O=C(O)C(F)(F)F. The molecule has 28 heavy (non-hydrogen) atoms. The van der Waals surface area contributed by atoms with Gasteiger partial charge in [0.15, 0.2) is 0 Å². The zero-order valence-corrected chi connectivity index (χ0v) is 16.7. The molecular weight excluding hydrogens is 423 g/mol. The van der Waals surface area contributed by atoms with Crippen LogP contribution in [0.15, 0.2) is 11.6 Å². The fourth-order valence-electron chi connectivity index (χ4n) is 3.21. The highest BCUT2D eigenvalue weighted by atomic mass is 32.2. The van der Waals surface area contributed by atoms with Gasteiger partial charge < -0.3 is 9.84 Å². The van der Waals surface area contributed by atoms with Crippen LogP contribution >= 0.6 is 11.3 Å². The molecule has 0 radical (unpaired) electrons. The van der Waals surface area contributed by atoms with Crippen LogP contribution in [0.1, 0.15) is 11.4 Å². The van der Waals surface area contributed by atoms with Gasteiger partial charge in [0.2, 0.25) is 10.0 Å². The topological polar surface area (TPSA) is 109 Å². The van der Waals surface area contributed by atoms with Crippen LogP contribution in [0.4, 0.5) is 13.2 Å². The van der Waals surface area contributed by atoms with E-state index in [4.69, 9.17) is 14.6 Å². The van der Waals surface area contributed by atoms with E-state index in [0.29, 0.717) is 18.4 Å². The van der Waals surface area contributed by atoms with Crippen molar-refractivity contribution < 1.29 is 36.2 Å². The Labute approximate surface area is 164 Å². The smallest absolute Gasteiger partial charge is 0.475 e. The lowest BCUT2D eigenvalue weighted by atomic mass is 9.84. The molecule has 13 heteroatoms. The Hall–Kier alpha value is -1.28. The van der Waals surface area contributed by atoms with Gasteiger partial charge in [-0.15, -0.1) is 11.3 Å². The Morgan fingerprint density at radius 3 is 2.71 bits per heavy atom. The van der Waals surface area contributed by atoms with Crippen LogP contribution in [0.2, 0.25) is 0 Å². The van der Waals surface area contributed by atoms with Gasteiger partial charge in [0.1, 0.15) is 5.01 Å². The van der Waals surface area contributed by atoms with E-state index >= 15 is 0 Å². The minimum Gasteiger partial charge on any atom is -0.475 e. The van der Waals surface area contributed by atoms with Crippen molar-refractivity contribution in [3.63, 3.8) is 0 Å². The number of nitrogens with one attached hydrogen (secondary N) is 1. The van der Waals surface area contributed by atoms with Crippen molar-refractivity contribution >= 4 is 27.3 Å². The van der Waals surface area contributed by atoms with E-state index in [2.05, 4.69) is 14.6 Å². The summed E-state index contributed by atoms with van der Waals surface area (Å²) in [4.78, 5) is 15.6. The van der Waals surface area contributed by atoms with Gasteiger partial charge in [-0.05, 0) is 18.9 Å². The molecule has 0 amide bonds. The number of carboxylic acids is 1. The number of alkyl halides is 3. The van der Waals surface area contributed by atoms with Crippen molar-refractivity contribution in [2.24, 2.45) is 11.8 Å². The number of hydrogen-bond acceptors (Lipinski definition) is 7. The maximum atomic E-state index is 11.2. The van der Waals surface area contributed by atoms with E-state index in [-0.39, 0.29) is 6.10 Å². The van der Waals surface area contributed by atoms with Crippen LogP contribution in [0, 0.1) is 11.8 Å². The molecule has 0 saturated carbocycles. The van der Waals surface area contributed by atoms with Gasteiger partial charge >= 0.3 is 12.1 Å². The lowest BCUT2D eigenvalue weighted by molar-refractivity contribution is -0.192. The molecule has 0 aromatic carbocycles. The summed E-state index contributed by atoms with van der Waals surface area (Å²) in [5.74, 6) is -1.79. The summed E-state index contributed by atoms with van der Waals surface area (Å²) in [5.41, 5.74) is 0. The third-order valence-corrected chi connectivity index (χ3v) is 5.98. The molecule has 2 aliphatic rings. The molecule has 1 aromatic heterocycles. The van der Waals surface area contributed by atoms with E-state index in [1.165, 1.54) is 6.26 Å². The molecule has 2 N–H and O–H groups in total. The van der Waals surface area contributed by atoms with E-state index in [1.807, 2.05) is 11.6 Å². The van der Waals surface area contributed by atoms with Gasteiger partial charge in [-0.25, -0.2) is 22.9 Å². The van der Waals surface area contributed by atoms with Crippen molar-refractivity contribution in [3.8, 4) is 0 Å². The van der Waals surface area contributed by atoms with Crippen molar-refractivity contribution in [1.82, 2.24) is 14.6 Å². The first-order chi connectivity index (χ1) is 13.0. The minimum absolute atomic E-state index is 0.0104. The highest BCUT2D eigenvalue weighted by Gasteiger charge is 2.41. The predicted octanol–water partition coefficient (Wildman–Crippen LogP) is 1.16. The quantitative estimate of drug-likeness (QED) is 0.700. The molecule has 8 nitrogen and oxygen atoms in total. The monoisotopic (exact) mass is 445 g/mol. The Balaban J connectivity index is 0.000000345. The first-order valence-corrected chi connectivity index (χ1v) is 11.2. The summed E-state index contributed by atoms with van der Waals surface area (Å²) in [7, 11) is -3.16. The summed E-state index contributed by atoms with van der Waals surface area (Å²) in [6, 6.07) is 0. The maximum Gasteiger partial charge on any atom is 0.490 e. The van der Waals surface area contributed by atoms with Crippen LogP contribution in [0.5, 0.6) is 0 Å². The zero-order chi connectivity index (χ0) is 20.9. The van der Waals surface area contributed by atoms with Crippen molar-refractivity contribution in [2.45, 2.75) is 25.2 Å². The molecule has 2 aliphatic heterocycles. The minimum atomic E-state index is -5.08. The molecule has 0 aliphatic carbocycles. The van der Waals surface area contributed by atoms with Gasteiger partial charge in [-0.3, -0.25) is 4.90 Å². The summed E-state index contributed by atoms with van der Waals surface area (Å²) < 4.78 is 62.6. The Morgan fingerprint density at radius 1 is 1.50 bits per heavy atom. The molecule has 160 valence electrons. The lowest BCUT2D eigenvalue weighted by Gasteiger charge is -2.35. The summed E-state index contributed by atoms with van der Waals surface area (Å²) in [6.07, 6.45) is -0.950. The van der Waals surface area contributed by atoms with Gasteiger partial charge in [-0.1, -0.05) is 0 Å². The third-order valence-electron chi connectivity index (χ3n) is 4.52. The molecule has 0 spiro atoms. The molecule has 3 atom stereocenters. The Kier molecular flexibility index (Phi) is 7.79. The number of ether oxygens (including phenoxy) is 1. The number of rotatable bonds is 5. The molecule has 0 unspecified atom stereocenters. The number of likely N-dealkylation sites (tertiary alicyclic amines) is 1. The number of fused-ring (bicyclic) bond motifs is 1. The van der Waals surface area contributed by atoms with E-state index < -0.39 is 22.2 Å². The number of sulfonamides is 1. The van der Waals surface area contributed by atoms with Crippen LogP contribution in [-0.4, -0.2) is 74.2 Å². The fourth-order valence-corrected chi connectivity index (χ4v) is 4.33. The number of thiazole rings is 1. The van der Waals surface area contributed by atoms with Crippen LogP contribution < -0.4 is 4.72 Å². The van der Waals surface area contributed by atoms with Gasteiger partial charge in [0.25, 0.3) is 0 Å². The number of carboxylic acid groups (broad SMARTS) is 1. The number of halogens is 3. The Morgan fingerprint density at radius 2 is 2.18 bits per heavy atom. The van der Waals surface area contributed by atoms with E-state index in [0.717, 1.165) is 37.7 Å². The highest BCUT2D eigenvalue weighted by Crippen LogP contribution is 2.34. The third kappa shape index (κ3) is 7.28. The van der Waals surface area contributed by atoms with Gasteiger partial charge in [0, 0.05) is 30.6 Å². The van der Waals surface area contributed by atoms with Crippen LogP contribution in [-0.2, 0) is 26.1 Å². The van der Waals surface area contributed by atoms with Crippen molar-refractivity contribution in [3.05, 3.63) is 16.6 Å². The standard InChI is InChI=1S/C13H21N3O3S2.C2HF3O2/c1-21(17,18)15-6-12-11-7-16(4-2-10(11)9-19-12)8-13-14-3-5-20-13;3-2(4,5)1(6)7/h3,5,10-12,15H,2,4,6-9H2,1H3;(H,6,7)/t10-,11-,12+;/m0./s1. The van der Waals surface area contributed by atoms with Crippen molar-refractivity contribution in [2.75, 3.05) is 32.5 Å². The average Bonchev–Trinajstić information content (AvgIpc) is 3.21. The molecule has 0 bridgehead atoms. The second-order valence-electron chi connectivity index (χ2n) is 6.67. The molecular formula is C15H22F3N3O5S2. The fraction of sp³-hybridized carbons (Fsp3) is 0.733. The van der Waals surface area contributed by atoms with Crippen molar-refractivity contribution in [1.29, 1.82) is 0 Å². The second kappa shape index (κ2) is 9.48. The number of hydrogen-bond donors (Lipinski definition) is 2. The number of nitrogens with zero attached hydrogens (tertiary/aromatic N) is 2. The van der Waals surface area contributed by atoms with Gasteiger partial charge in [0.05, 0.1) is 25.5 Å². The normalized spacial score (nSPS) is 25.6. The first kappa shape index (κ1) is 23.0. The highest BCUT2D eigenvalue weighted by molar-refractivity contribution is 7.88. The predicted molar refractivity (Wildman–Crippen MR) is 95.3 cm³/mol. The van der Waals surface area contributed by atoms with Crippen LogP contribution in [0.3, 0.4) is 0 Å². The summed E-state index contributed by atoms with van der Waals surface area (Å²) in [5, 5.41) is 10.3. The molecule has 3 rings (SSSR count). The summed E-state index contributed by atoms with van der Waals surface area (Å²) >= 11 is 1.68. The van der Waals surface area contributed by atoms with E-state index in [9.17, 15) is 21.6 Å². The summed E-state index contributed by atoms with van der Waals surface area (Å²) in [6.45, 7) is 4.04.